The van der Waals surface area contributed by atoms with Crippen LogP contribution >= 0.6 is 0 Å². The second kappa shape index (κ2) is 6.16. The first-order valence-electron chi connectivity index (χ1n) is 5.42. The first-order chi connectivity index (χ1) is 7.67. The van der Waals surface area contributed by atoms with Crippen molar-refractivity contribution in [1.82, 2.24) is 0 Å². The molecule has 0 spiro atoms. The average Bonchev–Trinajstić information content (AvgIpc) is 2.27. The zero-order valence-corrected chi connectivity index (χ0v) is 10.0. The fourth-order valence-electron chi connectivity index (χ4n) is 1.54. The molecule has 1 atom stereocenters. The van der Waals surface area contributed by atoms with E-state index in [0.717, 1.165) is 6.42 Å². The Morgan fingerprint density at radius 2 is 2.44 bits per heavy atom. The number of carbonyl (C=O) groups is 1. The second-order valence-corrected chi connectivity index (χ2v) is 3.72. The molecule has 0 aliphatic carbocycles. The van der Waals surface area contributed by atoms with Gasteiger partial charge in [0.2, 0.25) is 0 Å². The molecular weight excluding hydrogens is 204 g/mol. The molecule has 0 bridgehead atoms. The number of hydrogen-bond acceptors (Lipinski definition) is 3. The molecule has 0 unspecified atom stereocenters. The number of hydrogen-bond donors (Lipinski definition) is 0. The third-order valence-electron chi connectivity index (χ3n) is 2.39. The van der Waals surface area contributed by atoms with Gasteiger partial charge in [0.25, 0.3) is 0 Å². The van der Waals surface area contributed by atoms with Crippen molar-refractivity contribution in [3.8, 4) is 0 Å². The highest BCUT2D eigenvalue weighted by Gasteiger charge is 2.22. The maximum atomic E-state index is 11.4. The van der Waals surface area contributed by atoms with Crippen LogP contribution in [0.3, 0.4) is 0 Å². The van der Waals surface area contributed by atoms with Gasteiger partial charge < -0.3 is 9.47 Å². The fourth-order valence-corrected chi connectivity index (χ4v) is 1.54. The highest BCUT2D eigenvalue weighted by Crippen LogP contribution is 2.17. The van der Waals surface area contributed by atoms with Crippen LogP contribution in [0, 0.1) is 0 Å². The highest BCUT2D eigenvalue weighted by molar-refractivity contribution is 5.87. The molecule has 88 valence electrons. The molecule has 0 amide bonds. The average molecular weight is 222 g/mol. The minimum atomic E-state index is -0.365. The van der Waals surface area contributed by atoms with E-state index >= 15 is 0 Å². The molecule has 1 heterocycles. The number of rotatable bonds is 4. The lowest BCUT2D eigenvalue weighted by Gasteiger charge is -2.20. The summed E-state index contributed by atoms with van der Waals surface area (Å²) in [5.74, 6) is -0.0544. The molecule has 0 saturated carbocycles. The SMILES string of the molecule is C/C=C\C(C)=C\C[C@@H]1CC=C(OC)C(=O)O1. The molecule has 0 saturated heterocycles. The van der Waals surface area contributed by atoms with Gasteiger partial charge in [0, 0.05) is 12.8 Å². The van der Waals surface area contributed by atoms with Gasteiger partial charge in [-0.3, -0.25) is 0 Å². The number of ether oxygens (including phenoxy) is 2. The second-order valence-electron chi connectivity index (χ2n) is 3.72. The third-order valence-corrected chi connectivity index (χ3v) is 2.39. The van der Waals surface area contributed by atoms with E-state index in [2.05, 4.69) is 6.08 Å². The molecule has 3 heteroatoms. The van der Waals surface area contributed by atoms with E-state index in [-0.39, 0.29) is 12.1 Å². The predicted octanol–water partition coefficient (Wildman–Crippen LogP) is 2.74. The maximum Gasteiger partial charge on any atom is 0.373 e. The summed E-state index contributed by atoms with van der Waals surface area (Å²) in [6.07, 6.45) is 9.28. The summed E-state index contributed by atoms with van der Waals surface area (Å²) in [5.41, 5.74) is 1.18. The Morgan fingerprint density at radius 1 is 1.69 bits per heavy atom. The minimum absolute atomic E-state index is 0.0633. The Morgan fingerprint density at radius 3 is 3.00 bits per heavy atom. The Labute approximate surface area is 96.4 Å². The summed E-state index contributed by atoms with van der Waals surface area (Å²) in [4.78, 5) is 11.4. The Kier molecular flexibility index (Phi) is 4.83. The van der Waals surface area contributed by atoms with Crippen LogP contribution in [0.25, 0.3) is 0 Å². The number of carbonyl (C=O) groups excluding carboxylic acids is 1. The summed E-state index contributed by atoms with van der Waals surface area (Å²) >= 11 is 0. The van der Waals surface area contributed by atoms with Gasteiger partial charge in [0.15, 0.2) is 5.76 Å². The van der Waals surface area contributed by atoms with E-state index < -0.39 is 0 Å². The summed E-state index contributed by atoms with van der Waals surface area (Å²) in [6.45, 7) is 4.01. The van der Waals surface area contributed by atoms with Gasteiger partial charge >= 0.3 is 5.97 Å². The molecule has 16 heavy (non-hydrogen) atoms. The highest BCUT2D eigenvalue weighted by atomic mass is 16.6. The summed E-state index contributed by atoms with van der Waals surface area (Å²) in [7, 11) is 1.48. The quantitative estimate of drug-likeness (QED) is 0.542. The van der Waals surface area contributed by atoms with Crippen molar-refractivity contribution in [2.45, 2.75) is 32.8 Å². The van der Waals surface area contributed by atoms with E-state index in [9.17, 15) is 4.79 Å². The van der Waals surface area contributed by atoms with Crippen molar-refractivity contribution >= 4 is 5.97 Å². The molecule has 0 fully saturated rings. The van der Waals surface area contributed by atoms with Crippen LogP contribution in [0.15, 0.2) is 35.6 Å². The Bertz CT molecular complexity index is 337. The molecule has 0 aromatic heterocycles. The number of esters is 1. The minimum Gasteiger partial charge on any atom is -0.490 e. The monoisotopic (exact) mass is 222 g/mol. The van der Waals surface area contributed by atoms with Gasteiger partial charge in [0.1, 0.15) is 6.10 Å². The Balaban J connectivity index is 2.51. The van der Waals surface area contributed by atoms with E-state index in [4.69, 9.17) is 9.47 Å². The largest absolute Gasteiger partial charge is 0.490 e. The Hall–Kier alpha value is -1.51. The van der Waals surface area contributed by atoms with E-state index in [1.165, 1.54) is 12.7 Å². The molecule has 0 aromatic carbocycles. The van der Waals surface area contributed by atoms with Crippen molar-refractivity contribution in [2.75, 3.05) is 7.11 Å². The number of cyclic esters (lactones) is 1. The molecule has 1 aliphatic rings. The van der Waals surface area contributed by atoms with Gasteiger partial charge in [0.05, 0.1) is 7.11 Å². The molecule has 0 N–H and O–H groups in total. The predicted molar refractivity (Wildman–Crippen MR) is 62.8 cm³/mol. The summed E-state index contributed by atoms with van der Waals surface area (Å²) in [6, 6.07) is 0. The van der Waals surface area contributed by atoms with Gasteiger partial charge in [-0.25, -0.2) is 4.79 Å². The number of methoxy groups -OCH3 is 1. The molecule has 0 radical (unpaired) electrons. The van der Waals surface area contributed by atoms with Gasteiger partial charge in [-0.1, -0.05) is 23.8 Å². The standard InChI is InChI=1S/C13H18O3/c1-4-5-10(2)6-7-11-8-9-12(15-3)13(14)16-11/h4-6,9,11H,7-8H2,1-3H3/b5-4-,10-6+/t11-/m1/s1. The molecule has 3 nitrogen and oxygen atoms in total. The lowest BCUT2D eigenvalue weighted by Crippen LogP contribution is -2.23. The van der Waals surface area contributed by atoms with Crippen molar-refractivity contribution in [2.24, 2.45) is 0 Å². The van der Waals surface area contributed by atoms with Crippen LogP contribution in [0.5, 0.6) is 0 Å². The van der Waals surface area contributed by atoms with Crippen molar-refractivity contribution < 1.29 is 14.3 Å². The van der Waals surface area contributed by atoms with Gasteiger partial charge in [-0.05, 0) is 19.9 Å². The third kappa shape index (κ3) is 3.57. The van der Waals surface area contributed by atoms with Crippen LogP contribution in [0.1, 0.15) is 26.7 Å². The normalized spacial score (nSPS) is 21.9. The zero-order valence-electron chi connectivity index (χ0n) is 10.0. The van der Waals surface area contributed by atoms with Gasteiger partial charge in [-0.15, -0.1) is 0 Å². The molecule has 1 aliphatic heterocycles. The molecule has 0 aromatic rings. The summed E-state index contributed by atoms with van der Waals surface area (Å²) < 4.78 is 10.1. The van der Waals surface area contributed by atoms with E-state index in [0.29, 0.717) is 12.2 Å². The van der Waals surface area contributed by atoms with Crippen LogP contribution in [0.4, 0.5) is 0 Å². The van der Waals surface area contributed by atoms with Crippen molar-refractivity contribution in [1.29, 1.82) is 0 Å². The smallest absolute Gasteiger partial charge is 0.373 e. The first-order valence-corrected chi connectivity index (χ1v) is 5.42. The topological polar surface area (TPSA) is 35.5 Å². The van der Waals surface area contributed by atoms with Crippen LogP contribution in [-0.4, -0.2) is 19.2 Å². The maximum absolute atomic E-state index is 11.4. The van der Waals surface area contributed by atoms with E-state index in [1.54, 1.807) is 6.08 Å². The zero-order chi connectivity index (χ0) is 12.0. The van der Waals surface area contributed by atoms with Crippen LogP contribution in [-0.2, 0) is 14.3 Å². The summed E-state index contributed by atoms with van der Waals surface area (Å²) in [5, 5.41) is 0. The lowest BCUT2D eigenvalue weighted by molar-refractivity contribution is -0.149. The van der Waals surface area contributed by atoms with Crippen LogP contribution < -0.4 is 0 Å². The molecular formula is C13H18O3. The fraction of sp³-hybridized carbons (Fsp3) is 0.462. The van der Waals surface area contributed by atoms with E-state index in [1.807, 2.05) is 26.0 Å². The van der Waals surface area contributed by atoms with Crippen molar-refractivity contribution in [3.05, 3.63) is 35.6 Å². The van der Waals surface area contributed by atoms with Crippen molar-refractivity contribution in [3.63, 3.8) is 0 Å². The lowest BCUT2D eigenvalue weighted by atomic mass is 10.1. The van der Waals surface area contributed by atoms with Gasteiger partial charge in [-0.2, -0.15) is 0 Å². The molecule has 1 rings (SSSR count). The first kappa shape index (κ1) is 12.6. The number of allylic oxidation sites excluding steroid dienone is 3. The van der Waals surface area contributed by atoms with Crippen LogP contribution in [0.2, 0.25) is 0 Å².